The lowest BCUT2D eigenvalue weighted by atomic mass is 9.97. The molecule has 0 fully saturated rings. The molecule has 3 nitrogen and oxygen atoms in total. The van der Waals surface area contributed by atoms with Crippen LogP contribution in [0.5, 0.6) is 0 Å². The summed E-state index contributed by atoms with van der Waals surface area (Å²) in [7, 11) is 0. The van der Waals surface area contributed by atoms with Crippen LogP contribution in [-0.2, 0) is 0 Å². The molecule has 0 aliphatic carbocycles. The maximum Gasteiger partial charge on any atom is 0.336 e. The van der Waals surface area contributed by atoms with Crippen molar-refractivity contribution in [2.24, 2.45) is 0 Å². The van der Waals surface area contributed by atoms with Crippen LogP contribution in [0.15, 0.2) is 42.7 Å². The van der Waals surface area contributed by atoms with Crippen LogP contribution in [-0.4, -0.2) is 16.1 Å². The molecule has 1 aromatic heterocycles. The van der Waals surface area contributed by atoms with Gasteiger partial charge in [0.25, 0.3) is 0 Å². The van der Waals surface area contributed by atoms with Gasteiger partial charge in [-0.3, -0.25) is 4.98 Å². The molecular weight excluding hydrogens is 238 g/mol. The Hall–Kier alpha value is -1.87. The van der Waals surface area contributed by atoms with Crippen LogP contribution in [0.4, 0.5) is 0 Å². The fourth-order valence-corrected chi connectivity index (χ4v) is 1.68. The van der Waals surface area contributed by atoms with Crippen molar-refractivity contribution in [3.05, 3.63) is 53.9 Å². The van der Waals surface area contributed by atoms with Gasteiger partial charge in [-0.15, -0.1) is 12.4 Å². The molecule has 88 valence electrons. The lowest BCUT2D eigenvalue weighted by Gasteiger charge is -2.08. The number of carboxylic acids is 1. The van der Waals surface area contributed by atoms with Gasteiger partial charge < -0.3 is 5.11 Å². The minimum Gasteiger partial charge on any atom is -0.478 e. The largest absolute Gasteiger partial charge is 0.478 e. The molecule has 2 aromatic rings. The number of aryl methyl sites for hydroxylation is 1. The van der Waals surface area contributed by atoms with Crippen molar-refractivity contribution in [3.63, 3.8) is 0 Å². The van der Waals surface area contributed by atoms with E-state index >= 15 is 0 Å². The Morgan fingerprint density at radius 2 is 1.88 bits per heavy atom. The zero-order valence-corrected chi connectivity index (χ0v) is 10.1. The number of aromatic carboxylic acids is 1. The van der Waals surface area contributed by atoms with E-state index < -0.39 is 5.97 Å². The van der Waals surface area contributed by atoms with Crippen molar-refractivity contribution in [1.29, 1.82) is 0 Å². The quantitative estimate of drug-likeness (QED) is 0.889. The Morgan fingerprint density at radius 3 is 2.53 bits per heavy atom. The predicted octanol–water partition coefficient (Wildman–Crippen LogP) is 3.18. The number of pyridine rings is 1. The summed E-state index contributed by atoms with van der Waals surface area (Å²) in [5.41, 5.74) is 2.93. The number of rotatable bonds is 2. The molecule has 0 amide bonds. The SMILES string of the molecule is Cc1cnccc1-c1ccccc1C(=O)O.Cl. The molecule has 0 aliphatic rings. The predicted molar refractivity (Wildman–Crippen MR) is 68.6 cm³/mol. The van der Waals surface area contributed by atoms with Crippen LogP contribution in [0.25, 0.3) is 11.1 Å². The molecule has 0 spiro atoms. The van der Waals surface area contributed by atoms with E-state index in [1.807, 2.05) is 25.1 Å². The highest BCUT2D eigenvalue weighted by Crippen LogP contribution is 2.25. The Bertz CT molecular complexity index is 540. The third-order valence-corrected chi connectivity index (χ3v) is 2.47. The van der Waals surface area contributed by atoms with Crippen molar-refractivity contribution < 1.29 is 9.90 Å². The minimum absolute atomic E-state index is 0. The lowest BCUT2D eigenvalue weighted by Crippen LogP contribution is -1.99. The van der Waals surface area contributed by atoms with E-state index in [9.17, 15) is 4.79 Å². The van der Waals surface area contributed by atoms with Gasteiger partial charge in [0.05, 0.1) is 5.56 Å². The number of halogens is 1. The monoisotopic (exact) mass is 249 g/mol. The molecule has 17 heavy (non-hydrogen) atoms. The fraction of sp³-hybridized carbons (Fsp3) is 0.0769. The summed E-state index contributed by atoms with van der Waals surface area (Å²) in [6.45, 7) is 1.92. The van der Waals surface area contributed by atoms with Gasteiger partial charge in [0.15, 0.2) is 0 Å². The summed E-state index contributed by atoms with van der Waals surface area (Å²) in [6.07, 6.45) is 3.40. The molecular formula is C13H12ClNO2. The first-order chi connectivity index (χ1) is 7.70. The van der Waals surface area contributed by atoms with Crippen molar-refractivity contribution in [3.8, 4) is 11.1 Å². The van der Waals surface area contributed by atoms with Gasteiger partial charge >= 0.3 is 5.97 Å². The molecule has 0 unspecified atom stereocenters. The van der Waals surface area contributed by atoms with Gasteiger partial charge in [-0.05, 0) is 35.7 Å². The van der Waals surface area contributed by atoms with Crippen molar-refractivity contribution in [1.82, 2.24) is 4.98 Å². The van der Waals surface area contributed by atoms with Gasteiger partial charge in [-0.2, -0.15) is 0 Å². The number of aromatic nitrogens is 1. The second-order valence-electron chi connectivity index (χ2n) is 3.54. The van der Waals surface area contributed by atoms with Gasteiger partial charge in [0, 0.05) is 12.4 Å². The van der Waals surface area contributed by atoms with E-state index in [0.717, 1.165) is 16.7 Å². The van der Waals surface area contributed by atoms with E-state index in [1.165, 1.54) is 0 Å². The fourth-order valence-electron chi connectivity index (χ4n) is 1.68. The van der Waals surface area contributed by atoms with Crippen LogP contribution in [0, 0.1) is 6.92 Å². The summed E-state index contributed by atoms with van der Waals surface area (Å²) >= 11 is 0. The Labute approximate surface area is 106 Å². The molecule has 0 radical (unpaired) electrons. The number of hydrogen-bond donors (Lipinski definition) is 1. The van der Waals surface area contributed by atoms with Crippen LogP contribution in [0.2, 0.25) is 0 Å². The summed E-state index contributed by atoms with van der Waals surface area (Å²) in [4.78, 5) is 15.1. The second kappa shape index (κ2) is 5.46. The first-order valence-corrected chi connectivity index (χ1v) is 4.93. The molecule has 1 heterocycles. The van der Waals surface area contributed by atoms with Gasteiger partial charge in [0.2, 0.25) is 0 Å². The number of hydrogen-bond acceptors (Lipinski definition) is 2. The van der Waals surface area contributed by atoms with E-state index in [1.54, 1.807) is 24.5 Å². The van der Waals surface area contributed by atoms with Crippen LogP contribution < -0.4 is 0 Å². The Morgan fingerprint density at radius 1 is 1.18 bits per heavy atom. The molecule has 4 heteroatoms. The normalized spacial score (nSPS) is 9.47. The van der Waals surface area contributed by atoms with Crippen LogP contribution in [0.1, 0.15) is 15.9 Å². The Balaban J connectivity index is 0.00000144. The maximum absolute atomic E-state index is 11.1. The highest BCUT2D eigenvalue weighted by molar-refractivity contribution is 5.96. The third kappa shape index (κ3) is 2.63. The van der Waals surface area contributed by atoms with Crippen molar-refractivity contribution >= 4 is 18.4 Å². The standard InChI is InChI=1S/C13H11NO2.ClH/c1-9-8-14-7-6-10(9)11-4-2-3-5-12(11)13(15)16;/h2-8H,1H3,(H,15,16);1H. The molecule has 2 rings (SSSR count). The van der Waals surface area contributed by atoms with Gasteiger partial charge in [-0.25, -0.2) is 4.79 Å². The lowest BCUT2D eigenvalue weighted by molar-refractivity contribution is 0.0698. The van der Waals surface area contributed by atoms with E-state index in [2.05, 4.69) is 4.98 Å². The maximum atomic E-state index is 11.1. The number of benzene rings is 1. The number of carboxylic acid groups (broad SMARTS) is 1. The summed E-state index contributed by atoms with van der Waals surface area (Å²) < 4.78 is 0. The number of carbonyl (C=O) groups is 1. The smallest absolute Gasteiger partial charge is 0.336 e. The highest BCUT2D eigenvalue weighted by Gasteiger charge is 2.11. The topological polar surface area (TPSA) is 50.2 Å². The van der Waals surface area contributed by atoms with Crippen LogP contribution in [0.3, 0.4) is 0 Å². The minimum atomic E-state index is -0.910. The zero-order chi connectivity index (χ0) is 11.5. The molecule has 0 saturated heterocycles. The van der Waals surface area contributed by atoms with Crippen LogP contribution >= 0.6 is 12.4 Å². The molecule has 1 N–H and O–H groups in total. The number of nitrogens with zero attached hydrogens (tertiary/aromatic N) is 1. The zero-order valence-electron chi connectivity index (χ0n) is 9.25. The first kappa shape index (κ1) is 13.2. The molecule has 0 saturated carbocycles. The van der Waals surface area contributed by atoms with E-state index in [-0.39, 0.29) is 12.4 Å². The van der Waals surface area contributed by atoms with E-state index in [4.69, 9.17) is 5.11 Å². The van der Waals surface area contributed by atoms with Gasteiger partial charge in [-0.1, -0.05) is 18.2 Å². The molecule has 1 aromatic carbocycles. The summed E-state index contributed by atoms with van der Waals surface area (Å²) in [6, 6.07) is 8.81. The Kier molecular flexibility index (Phi) is 4.24. The summed E-state index contributed by atoms with van der Waals surface area (Å²) in [5.74, 6) is -0.910. The first-order valence-electron chi connectivity index (χ1n) is 4.93. The molecule has 0 aliphatic heterocycles. The van der Waals surface area contributed by atoms with Crippen molar-refractivity contribution in [2.75, 3.05) is 0 Å². The van der Waals surface area contributed by atoms with Crippen molar-refractivity contribution in [2.45, 2.75) is 6.92 Å². The average Bonchev–Trinajstić information content (AvgIpc) is 2.29. The molecule has 0 atom stereocenters. The third-order valence-electron chi connectivity index (χ3n) is 2.47. The van der Waals surface area contributed by atoms with E-state index in [0.29, 0.717) is 5.56 Å². The average molecular weight is 250 g/mol. The second-order valence-corrected chi connectivity index (χ2v) is 3.54. The summed E-state index contributed by atoms with van der Waals surface area (Å²) in [5, 5.41) is 9.10. The molecule has 0 bridgehead atoms. The van der Waals surface area contributed by atoms with Gasteiger partial charge in [0.1, 0.15) is 0 Å². The highest BCUT2D eigenvalue weighted by atomic mass is 35.5.